The van der Waals surface area contributed by atoms with E-state index >= 15 is 0 Å². The van der Waals surface area contributed by atoms with E-state index in [0.717, 1.165) is 23.2 Å². The molecular weight excluding hydrogens is 280 g/mol. The van der Waals surface area contributed by atoms with Gasteiger partial charge in [-0.3, -0.25) is 9.59 Å². The average Bonchev–Trinajstić information content (AvgIpc) is 2.65. The first kappa shape index (κ1) is 16.5. The Morgan fingerprint density at radius 3 is 2.77 bits per heavy atom. The molecule has 0 radical (unpaired) electrons. The van der Waals surface area contributed by atoms with Crippen LogP contribution in [-0.4, -0.2) is 38.6 Å². The summed E-state index contributed by atoms with van der Waals surface area (Å²) < 4.78 is 4.94. The van der Waals surface area contributed by atoms with Crippen LogP contribution in [0.25, 0.3) is 0 Å². The molecule has 22 heavy (non-hydrogen) atoms. The number of carbonyl (C=O) groups excluding carboxylic acids is 2. The Balaban J connectivity index is 2.09. The Morgan fingerprint density at radius 1 is 1.36 bits per heavy atom. The lowest BCUT2D eigenvalue weighted by Crippen LogP contribution is -2.43. The highest BCUT2D eigenvalue weighted by molar-refractivity contribution is 6.10. The van der Waals surface area contributed by atoms with Crippen molar-refractivity contribution in [3.63, 3.8) is 0 Å². The second-order valence-electron chi connectivity index (χ2n) is 6.23. The quantitative estimate of drug-likeness (QED) is 0.815. The van der Waals surface area contributed by atoms with Crippen LogP contribution in [0.5, 0.6) is 0 Å². The minimum atomic E-state index is -0.586. The van der Waals surface area contributed by atoms with Gasteiger partial charge >= 0.3 is 0 Å². The van der Waals surface area contributed by atoms with Gasteiger partial charge in [-0.25, -0.2) is 0 Å². The second-order valence-corrected chi connectivity index (χ2v) is 6.23. The van der Waals surface area contributed by atoms with E-state index in [1.165, 1.54) is 0 Å². The minimum absolute atomic E-state index is 0.0276. The lowest BCUT2D eigenvalue weighted by molar-refractivity contribution is -0.125. The number of benzene rings is 1. The van der Waals surface area contributed by atoms with Crippen molar-refractivity contribution < 1.29 is 14.3 Å². The van der Waals surface area contributed by atoms with Gasteiger partial charge in [0.15, 0.2) is 0 Å². The Labute approximate surface area is 131 Å². The fourth-order valence-corrected chi connectivity index (χ4v) is 2.75. The molecule has 1 aromatic carbocycles. The minimum Gasteiger partial charge on any atom is -0.385 e. The number of amides is 2. The highest BCUT2D eigenvalue weighted by atomic mass is 16.5. The number of aryl methyl sites for hydroxylation is 1. The van der Waals surface area contributed by atoms with E-state index in [1.54, 1.807) is 12.0 Å². The molecular formula is C17H24N2O3. The molecule has 5 heteroatoms. The van der Waals surface area contributed by atoms with Gasteiger partial charge < -0.3 is 15.0 Å². The van der Waals surface area contributed by atoms with Crippen molar-refractivity contribution >= 4 is 17.5 Å². The lowest BCUT2D eigenvalue weighted by Gasteiger charge is -2.20. The standard InChI is InChI=1S/C17H24N2O3/c1-12-6-7-14-13(10-12)17(2,3)16(21)19(14)11-15(20)18-8-5-9-22-4/h6-7,10H,5,8-9,11H2,1-4H3,(H,18,20). The van der Waals surface area contributed by atoms with Crippen molar-refractivity contribution in [1.29, 1.82) is 0 Å². The van der Waals surface area contributed by atoms with Crippen molar-refractivity contribution in [2.24, 2.45) is 0 Å². The summed E-state index contributed by atoms with van der Waals surface area (Å²) in [5.41, 5.74) is 2.36. The summed E-state index contributed by atoms with van der Waals surface area (Å²) in [4.78, 5) is 26.3. The van der Waals surface area contributed by atoms with Crippen molar-refractivity contribution in [2.75, 3.05) is 31.7 Å². The zero-order valence-electron chi connectivity index (χ0n) is 13.7. The predicted molar refractivity (Wildman–Crippen MR) is 86.1 cm³/mol. The Morgan fingerprint density at radius 2 is 2.09 bits per heavy atom. The Bertz CT molecular complexity index is 581. The van der Waals surface area contributed by atoms with E-state index in [4.69, 9.17) is 4.74 Å². The molecule has 1 aromatic rings. The van der Waals surface area contributed by atoms with Crippen LogP contribution in [-0.2, 0) is 19.7 Å². The van der Waals surface area contributed by atoms with Crippen molar-refractivity contribution in [1.82, 2.24) is 5.32 Å². The smallest absolute Gasteiger partial charge is 0.240 e. The van der Waals surface area contributed by atoms with Gasteiger partial charge in [-0.15, -0.1) is 0 Å². The predicted octanol–water partition coefficient (Wildman–Crippen LogP) is 1.77. The molecule has 0 saturated carbocycles. The van der Waals surface area contributed by atoms with E-state index in [9.17, 15) is 9.59 Å². The molecule has 2 amide bonds. The van der Waals surface area contributed by atoms with Gasteiger partial charge in [-0.1, -0.05) is 17.7 Å². The van der Waals surface area contributed by atoms with Gasteiger partial charge in [0, 0.05) is 25.9 Å². The lowest BCUT2D eigenvalue weighted by atomic mass is 9.85. The molecule has 0 saturated heterocycles. The fraction of sp³-hybridized carbons (Fsp3) is 0.529. The molecule has 0 fully saturated rings. The maximum Gasteiger partial charge on any atom is 0.240 e. The summed E-state index contributed by atoms with van der Waals surface area (Å²) in [6.07, 6.45) is 0.761. The van der Waals surface area contributed by atoms with E-state index < -0.39 is 5.41 Å². The number of hydrogen-bond donors (Lipinski definition) is 1. The molecule has 5 nitrogen and oxygen atoms in total. The summed E-state index contributed by atoms with van der Waals surface area (Å²) in [5.74, 6) is -0.172. The molecule has 1 heterocycles. The molecule has 1 aliphatic heterocycles. The Hall–Kier alpha value is -1.88. The molecule has 120 valence electrons. The van der Waals surface area contributed by atoms with Gasteiger partial charge in [0.2, 0.25) is 11.8 Å². The molecule has 0 spiro atoms. The van der Waals surface area contributed by atoms with Crippen molar-refractivity contribution in [3.05, 3.63) is 29.3 Å². The van der Waals surface area contributed by atoms with Gasteiger partial charge in [-0.05, 0) is 38.8 Å². The van der Waals surface area contributed by atoms with Crippen LogP contribution in [0.15, 0.2) is 18.2 Å². The largest absolute Gasteiger partial charge is 0.385 e. The van der Waals surface area contributed by atoms with Crippen LogP contribution in [0, 0.1) is 6.92 Å². The highest BCUT2D eigenvalue weighted by Gasteiger charge is 2.44. The van der Waals surface area contributed by atoms with Crippen LogP contribution >= 0.6 is 0 Å². The number of rotatable bonds is 6. The van der Waals surface area contributed by atoms with E-state index in [0.29, 0.717) is 13.2 Å². The molecule has 0 aliphatic carbocycles. The van der Waals surface area contributed by atoms with Crippen molar-refractivity contribution in [2.45, 2.75) is 32.6 Å². The van der Waals surface area contributed by atoms with Gasteiger partial charge in [0.1, 0.15) is 6.54 Å². The number of carbonyl (C=O) groups is 2. The summed E-state index contributed by atoms with van der Waals surface area (Å²) in [6, 6.07) is 5.93. The summed E-state index contributed by atoms with van der Waals surface area (Å²) in [7, 11) is 1.63. The first-order valence-electron chi connectivity index (χ1n) is 7.56. The van der Waals surface area contributed by atoms with Gasteiger partial charge in [-0.2, -0.15) is 0 Å². The number of fused-ring (bicyclic) bond motifs is 1. The molecule has 0 unspecified atom stereocenters. The molecule has 1 N–H and O–H groups in total. The third kappa shape index (κ3) is 3.14. The Kier molecular flexibility index (Phi) is 4.86. The van der Waals surface area contributed by atoms with Gasteiger partial charge in [0.25, 0.3) is 0 Å². The maximum absolute atomic E-state index is 12.6. The molecule has 0 aromatic heterocycles. The number of hydrogen-bond acceptors (Lipinski definition) is 3. The molecule has 0 bridgehead atoms. The zero-order valence-corrected chi connectivity index (χ0v) is 13.7. The van der Waals surface area contributed by atoms with Crippen LogP contribution < -0.4 is 10.2 Å². The van der Waals surface area contributed by atoms with Crippen LogP contribution in [0.1, 0.15) is 31.4 Å². The summed E-state index contributed by atoms with van der Waals surface area (Å²) in [5, 5.41) is 2.82. The summed E-state index contributed by atoms with van der Waals surface area (Å²) >= 11 is 0. The van der Waals surface area contributed by atoms with Crippen molar-refractivity contribution in [3.8, 4) is 0 Å². The van der Waals surface area contributed by atoms with E-state index in [1.807, 2.05) is 39.0 Å². The SMILES string of the molecule is COCCCNC(=O)CN1C(=O)C(C)(C)c2cc(C)ccc21. The van der Waals surface area contributed by atoms with Gasteiger partial charge in [0.05, 0.1) is 5.41 Å². The zero-order chi connectivity index (χ0) is 16.3. The third-order valence-electron chi connectivity index (χ3n) is 4.05. The van der Waals surface area contributed by atoms with Crippen LogP contribution in [0.4, 0.5) is 5.69 Å². The highest BCUT2D eigenvalue weighted by Crippen LogP contribution is 2.41. The molecule has 2 rings (SSSR count). The number of methoxy groups -OCH3 is 1. The maximum atomic E-state index is 12.6. The van der Waals surface area contributed by atoms with Crippen LogP contribution in [0.2, 0.25) is 0 Å². The first-order valence-corrected chi connectivity index (χ1v) is 7.56. The van der Waals surface area contributed by atoms with E-state index in [-0.39, 0.29) is 18.4 Å². The monoisotopic (exact) mass is 304 g/mol. The fourth-order valence-electron chi connectivity index (χ4n) is 2.75. The number of ether oxygens (including phenoxy) is 1. The molecule has 0 atom stereocenters. The average molecular weight is 304 g/mol. The summed E-state index contributed by atoms with van der Waals surface area (Å²) in [6.45, 7) is 7.04. The van der Waals surface area contributed by atoms with Crippen LogP contribution in [0.3, 0.4) is 0 Å². The molecule has 1 aliphatic rings. The first-order chi connectivity index (χ1) is 10.4. The number of anilines is 1. The third-order valence-corrected chi connectivity index (χ3v) is 4.05. The normalized spacial score (nSPS) is 15.8. The topological polar surface area (TPSA) is 58.6 Å². The number of nitrogens with one attached hydrogen (secondary N) is 1. The number of nitrogens with zero attached hydrogens (tertiary/aromatic N) is 1. The van der Waals surface area contributed by atoms with E-state index in [2.05, 4.69) is 5.32 Å². The second kappa shape index (κ2) is 6.48.